The minimum atomic E-state index is -0.393. The number of carbonyl (C=O) groups is 3. The average Bonchev–Trinajstić information content (AvgIpc) is 3.59. The first-order valence-corrected chi connectivity index (χ1v) is 17.5. The zero-order chi connectivity index (χ0) is 36.2. The summed E-state index contributed by atoms with van der Waals surface area (Å²) in [5.74, 6) is -0.633. The number of allylic oxidation sites excluding steroid dienone is 4. The summed E-state index contributed by atoms with van der Waals surface area (Å²) in [7, 11) is 0. The van der Waals surface area contributed by atoms with Crippen molar-refractivity contribution in [2.24, 2.45) is 4.99 Å². The quantitative estimate of drug-likeness (QED) is 0.0761. The summed E-state index contributed by atoms with van der Waals surface area (Å²) in [4.78, 5) is 51.1. The van der Waals surface area contributed by atoms with Gasteiger partial charge in [0.1, 0.15) is 18.0 Å². The molecular formula is C40H49CoN2O8-. The molecule has 2 heterocycles. The Bertz CT molecular complexity index is 1670. The van der Waals surface area contributed by atoms with Gasteiger partial charge < -0.3 is 24.5 Å². The molecule has 5 rings (SSSR count). The van der Waals surface area contributed by atoms with Crippen molar-refractivity contribution in [2.75, 3.05) is 0 Å². The van der Waals surface area contributed by atoms with Crippen molar-refractivity contribution in [2.45, 2.75) is 117 Å². The van der Waals surface area contributed by atoms with Gasteiger partial charge in [-0.15, -0.1) is 11.4 Å². The Morgan fingerprint density at radius 3 is 2.00 bits per heavy atom. The number of carbonyl (C=O) groups excluding carboxylic acids is 3. The fourth-order valence-corrected chi connectivity index (χ4v) is 6.50. The Hall–Kier alpha value is -4.19. The number of benzene rings is 1. The van der Waals surface area contributed by atoms with E-state index in [1.807, 2.05) is 50.3 Å². The smallest absolute Gasteiger partial charge is 0.340 e. The van der Waals surface area contributed by atoms with Gasteiger partial charge in [0.2, 0.25) is 0 Å². The maximum atomic E-state index is 13.6. The van der Waals surface area contributed by atoms with Gasteiger partial charge >= 0.3 is 11.9 Å². The van der Waals surface area contributed by atoms with E-state index in [9.17, 15) is 14.4 Å². The molecule has 0 atom stereocenters. The average molecular weight is 745 g/mol. The fraction of sp³-hybridized carbons (Fsp3) is 0.450. The normalized spacial score (nSPS) is 17.5. The predicted octanol–water partition coefficient (Wildman–Crippen LogP) is 8.45. The number of hydrogen-bond acceptors (Lipinski definition) is 9. The Labute approximate surface area is 310 Å². The molecule has 0 spiro atoms. The van der Waals surface area contributed by atoms with E-state index in [4.69, 9.17) is 29.8 Å². The zero-order valence-corrected chi connectivity index (χ0v) is 31.0. The van der Waals surface area contributed by atoms with Crippen molar-refractivity contribution in [1.29, 1.82) is 0 Å². The Balaban J connectivity index is 0.000000797. The van der Waals surface area contributed by atoms with E-state index in [0.717, 1.165) is 63.4 Å². The summed E-state index contributed by atoms with van der Waals surface area (Å²) in [6.45, 7) is 10.3. The monoisotopic (exact) mass is 744 g/mol. The van der Waals surface area contributed by atoms with Crippen LogP contribution < -0.4 is 4.98 Å². The first-order chi connectivity index (χ1) is 24.0. The molecule has 10 nitrogen and oxygen atoms in total. The van der Waals surface area contributed by atoms with E-state index >= 15 is 0 Å². The van der Waals surface area contributed by atoms with Crippen LogP contribution in [-0.4, -0.2) is 46.0 Å². The Morgan fingerprint density at radius 1 is 0.922 bits per heavy atom. The number of aromatic nitrogens is 1. The van der Waals surface area contributed by atoms with Crippen molar-refractivity contribution >= 4 is 29.5 Å². The van der Waals surface area contributed by atoms with E-state index in [1.54, 1.807) is 0 Å². The van der Waals surface area contributed by atoms with E-state index in [1.165, 1.54) is 26.3 Å². The van der Waals surface area contributed by atoms with Gasteiger partial charge in [0.15, 0.2) is 5.78 Å². The molecule has 2 N–H and O–H groups in total. The van der Waals surface area contributed by atoms with Crippen LogP contribution in [0.4, 0.5) is 0 Å². The van der Waals surface area contributed by atoms with Crippen LogP contribution in [0, 0.1) is 6.92 Å². The molecule has 2 fully saturated rings. The van der Waals surface area contributed by atoms with Crippen LogP contribution in [0.1, 0.15) is 124 Å². The standard InChI is InChI=1S/C35H42N2O6.C5H8O2.Co/c1-22(43-40)19-20-28-31(34(38)41-26-15-9-5-10-16-26)23(2)29(36-28)21-30-24(3)32(33(37-30)25-13-7-4-8-14-25)35(39)42-27-17-11-6-12-18-27;1-4(6)3-5(2)7;/h4,7-8,13-14,21,26-27H,1,5-6,9-12,15-20H2,2-3H3,(H2,36,37,38,39,40);3,6H,1-2H3;/p-1/b;4-3-;. The molecule has 2 saturated carbocycles. The summed E-state index contributed by atoms with van der Waals surface area (Å²) in [5.41, 5.74) is 5.39. The summed E-state index contributed by atoms with van der Waals surface area (Å²) in [6.07, 6.45) is 13.5. The zero-order valence-electron chi connectivity index (χ0n) is 30.0. The van der Waals surface area contributed by atoms with Gasteiger partial charge in [-0.2, -0.15) is 0 Å². The van der Waals surface area contributed by atoms with Crippen molar-refractivity contribution in [1.82, 2.24) is 4.98 Å². The number of aliphatic imine (C=N–C) groups is 1. The van der Waals surface area contributed by atoms with E-state index in [0.29, 0.717) is 57.9 Å². The van der Waals surface area contributed by atoms with E-state index < -0.39 is 5.97 Å². The number of aliphatic hydroxyl groups is 1. The van der Waals surface area contributed by atoms with Crippen LogP contribution >= 0.6 is 0 Å². The van der Waals surface area contributed by atoms with Crippen LogP contribution in [-0.2, 0) is 47.1 Å². The Morgan fingerprint density at radius 2 is 1.49 bits per heavy atom. The number of ketones is 1. The third-order valence-electron chi connectivity index (χ3n) is 9.09. The van der Waals surface area contributed by atoms with Gasteiger partial charge in [0.25, 0.3) is 0 Å². The molecular weight excluding hydrogens is 695 g/mol. The largest absolute Gasteiger partial charge is 0.660 e. The molecule has 1 aliphatic heterocycles. The molecule has 3 aliphatic rings. The van der Waals surface area contributed by atoms with Gasteiger partial charge in [-0.1, -0.05) is 61.4 Å². The van der Waals surface area contributed by atoms with E-state index in [2.05, 4.69) is 11.5 Å². The molecule has 0 unspecified atom stereocenters. The first-order valence-electron chi connectivity index (χ1n) is 17.5. The minimum Gasteiger partial charge on any atom is -0.660 e. The maximum absolute atomic E-state index is 13.6. The second-order valence-electron chi connectivity index (χ2n) is 13.2. The number of rotatable bonds is 11. The van der Waals surface area contributed by atoms with Crippen molar-refractivity contribution in [3.05, 3.63) is 99.4 Å². The van der Waals surface area contributed by atoms with Crippen molar-refractivity contribution in [3.63, 3.8) is 0 Å². The second kappa shape index (κ2) is 20.0. The van der Waals surface area contributed by atoms with Crippen LogP contribution in [0.2, 0.25) is 0 Å². The van der Waals surface area contributed by atoms with Crippen LogP contribution in [0.15, 0.2) is 76.3 Å². The van der Waals surface area contributed by atoms with Gasteiger partial charge in [-0.25, -0.2) is 19.8 Å². The molecule has 11 heteroatoms. The van der Waals surface area contributed by atoms with Gasteiger partial charge in [-0.3, -0.25) is 4.79 Å². The van der Waals surface area contributed by atoms with Crippen LogP contribution in [0.5, 0.6) is 0 Å². The summed E-state index contributed by atoms with van der Waals surface area (Å²) >= 11 is 0. The maximum Gasteiger partial charge on any atom is 0.340 e. The summed E-state index contributed by atoms with van der Waals surface area (Å²) in [6, 6.07) is 9.63. The first kappa shape index (κ1) is 41.2. The molecule has 1 aromatic heterocycles. The van der Waals surface area contributed by atoms with Gasteiger partial charge in [0, 0.05) is 40.4 Å². The van der Waals surface area contributed by atoms with E-state index in [-0.39, 0.29) is 52.3 Å². The minimum absolute atomic E-state index is 0. The Kier molecular flexibility index (Phi) is 16.2. The molecule has 51 heavy (non-hydrogen) atoms. The third-order valence-corrected chi connectivity index (χ3v) is 9.09. The van der Waals surface area contributed by atoms with Gasteiger partial charge in [-0.05, 0) is 91.1 Å². The van der Waals surface area contributed by atoms with Crippen molar-refractivity contribution < 1.29 is 55.9 Å². The predicted molar refractivity (Wildman–Crippen MR) is 192 cm³/mol. The SMILES string of the molecule is C=C(CCc1[n-]c(/C=C2\N=C(c3ccccc3)C(C(=O)OC3CCCCC3)=C2C)c(C)c1C(=O)OC1CCCCC1)OO.CC(=O)/C=C(/C)O.[Co]. The number of aryl methyl sites for hydroxylation is 1. The topological polar surface area (TPSA) is 146 Å². The molecule has 277 valence electrons. The number of esters is 2. The van der Waals surface area contributed by atoms with Gasteiger partial charge in [0.05, 0.1) is 22.7 Å². The molecule has 0 bridgehead atoms. The molecule has 1 radical (unpaired) electrons. The molecule has 0 saturated heterocycles. The third kappa shape index (κ3) is 11.7. The summed E-state index contributed by atoms with van der Waals surface area (Å²) in [5, 5.41) is 17.4. The fourth-order valence-electron chi connectivity index (χ4n) is 6.50. The second-order valence-corrected chi connectivity index (χ2v) is 13.2. The molecule has 2 aromatic rings. The molecule has 0 amide bonds. The van der Waals surface area contributed by atoms with Crippen LogP contribution in [0.3, 0.4) is 0 Å². The molecule has 2 aliphatic carbocycles. The number of nitrogens with zero attached hydrogens (tertiary/aromatic N) is 2. The van der Waals surface area contributed by atoms with Crippen LogP contribution in [0.25, 0.3) is 6.08 Å². The summed E-state index contributed by atoms with van der Waals surface area (Å²) < 4.78 is 11.9. The molecule has 1 aromatic carbocycles. The number of ether oxygens (including phenoxy) is 2. The number of hydrogen-bond donors (Lipinski definition) is 2. The number of aliphatic hydroxyl groups excluding tert-OH is 1. The van der Waals surface area contributed by atoms with Crippen molar-refractivity contribution in [3.8, 4) is 0 Å².